The van der Waals surface area contributed by atoms with Crippen molar-refractivity contribution in [2.24, 2.45) is 5.73 Å². The molecule has 0 amide bonds. The average Bonchev–Trinajstić information content (AvgIpc) is 3.08. The molecule has 0 spiro atoms. The van der Waals surface area contributed by atoms with Crippen molar-refractivity contribution in [2.75, 3.05) is 6.54 Å². The largest absolute Gasteiger partial charge is 0.330 e. The van der Waals surface area contributed by atoms with Crippen LogP contribution in [0.3, 0.4) is 0 Å². The van der Waals surface area contributed by atoms with Crippen LogP contribution in [0.15, 0.2) is 53.4 Å². The summed E-state index contributed by atoms with van der Waals surface area (Å²) in [5.74, 6) is -0.316. The Morgan fingerprint density at radius 1 is 1.04 bits per heavy atom. The number of benzene rings is 2. The van der Waals surface area contributed by atoms with E-state index >= 15 is 0 Å². The van der Waals surface area contributed by atoms with Crippen LogP contribution in [0.1, 0.15) is 49.3 Å². The average molecular weight is 391 g/mol. The second kappa shape index (κ2) is 8.50. The summed E-state index contributed by atoms with van der Waals surface area (Å²) in [7, 11) is -3.64. The Hall–Kier alpha value is -1.76. The Balaban J connectivity index is 1.96. The van der Waals surface area contributed by atoms with Crippen molar-refractivity contribution >= 4 is 10.0 Å². The molecular formula is C21H27FN2O2S. The lowest BCUT2D eigenvalue weighted by Gasteiger charge is -2.30. The molecule has 2 aromatic rings. The third-order valence-electron chi connectivity index (χ3n) is 5.28. The molecule has 0 saturated carbocycles. The highest BCUT2D eigenvalue weighted by molar-refractivity contribution is 7.89. The van der Waals surface area contributed by atoms with E-state index < -0.39 is 10.0 Å². The molecule has 0 aromatic heterocycles. The maximum atomic E-state index is 13.5. The number of sulfonamides is 1. The quantitative estimate of drug-likeness (QED) is 0.722. The van der Waals surface area contributed by atoms with Gasteiger partial charge in [0.25, 0.3) is 0 Å². The Kier molecular flexibility index (Phi) is 6.29. The van der Waals surface area contributed by atoms with Crippen LogP contribution in [0.25, 0.3) is 0 Å². The monoisotopic (exact) mass is 390 g/mol. The Labute approximate surface area is 161 Å². The van der Waals surface area contributed by atoms with Gasteiger partial charge in [-0.2, -0.15) is 4.31 Å². The molecule has 1 aliphatic heterocycles. The summed E-state index contributed by atoms with van der Waals surface area (Å²) in [6, 6.07) is 12.8. The summed E-state index contributed by atoms with van der Waals surface area (Å²) in [6.07, 6.45) is 4.12. The van der Waals surface area contributed by atoms with E-state index in [0.717, 1.165) is 43.2 Å². The van der Waals surface area contributed by atoms with E-state index in [1.807, 2.05) is 19.1 Å². The Morgan fingerprint density at radius 3 is 2.33 bits per heavy atom. The van der Waals surface area contributed by atoms with E-state index in [9.17, 15) is 12.8 Å². The lowest BCUT2D eigenvalue weighted by molar-refractivity contribution is 0.308. The summed E-state index contributed by atoms with van der Waals surface area (Å²) < 4.78 is 41.9. The molecule has 146 valence electrons. The van der Waals surface area contributed by atoms with Crippen molar-refractivity contribution in [3.8, 4) is 0 Å². The molecule has 0 radical (unpaired) electrons. The normalized spacial score (nSPS) is 20.9. The van der Waals surface area contributed by atoms with E-state index in [1.165, 1.54) is 12.1 Å². The first-order chi connectivity index (χ1) is 12.9. The molecule has 6 heteroatoms. The predicted molar refractivity (Wildman–Crippen MR) is 105 cm³/mol. The summed E-state index contributed by atoms with van der Waals surface area (Å²) in [6.45, 7) is 2.54. The van der Waals surface area contributed by atoms with Gasteiger partial charge in [0.1, 0.15) is 5.82 Å². The second-order valence-electron chi connectivity index (χ2n) is 7.23. The van der Waals surface area contributed by atoms with Crippen molar-refractivity contribution in [1.29, 1.82) is 0 Å². The van der Waals surface area contributed by atoms with E-state index in [-0.39, 0.29) is 17.9 Å². The van der Waals surface area contributed by atoms with Crippen LogP contribution in [0.2, 0.25) is 0 Å². The first-order valence-corrected chi connectivity index (χ1v) is 10.9. The summed E-state index contributed by atoms with van der Waals surface area (Å²) >= 11 is 0. The molecular weight excluding hydrogens is 363 g/mol. The molecule has 1 saturated heterocycles. The lowest BCUT2D eigenvalue weighted by Crippen LogP contribution is -2.37. The maximum absolute atomic E-state index is 13.5. The van der Waals surface area contributed by atoms with Gasteiger partial charge in [-0.05, 0) is 69.0 Å². The van der Waals surface area contributed by atoms with Gasteiger partial charge >= 0.3 is 0 Å². The fourth-order valence-corrected chi connectivity index (χ4v) is 5.74. The van der Waals surface area contributed by atoms with E-state index in [0.29, 0.717) is 11.4 Å². The van der Waals surface area contributed by atoms with Gasteiger partial charge in [-0.3, -0.25) is 0 Å². The molecule has 2 N–H and O–H groups in total. The van der Waals surface area contributed by atoms with Gasteiger partial charge in [-0.15, -0.1) is 0 Å². The Morgan fingerprint density at radius 2 is 1.70 bits per heavy atom. The number of halogens is 1. The van der Waals surface area contributed by atoms with Crippen LogP contribution in [0.4, 0.5) is 4.39 Å². The second-order valence-corrected chi connectivity index (χ2v) is 9.07. The summed E-state index contributed by atoms with van der Waals surface area (Å²) in [5.41, 5.74) is 7.46. The number of nitrogens with zero attached hydrogens (tertiary/aromatic N) is 1. The van der Waals surface area contributed by atoms with Crippen LogP contribution in [0, 0.1) is 12.7 Å². The minimum Gasteiger partial charge on any atom is -0.330 e. The zero-order valence-corrected chi connectivity index (χ0v) is 16.5. The standard InChI is InChI=1S/C21H27FN2O2S/c1-16-5-12-20(13-6-16)27(25,26)24-19(4-2-3-15-23)11-14-21(24)17-7-9-18(22)10-8-17/h5-10,12-13,19,21H,2-4,11,14-15,23H2,1H3. The molecule has 27 heavy (non-hydrogen) atoms. The van der Waals surface area contributed by atoms with Crippen molar-refractivity contribution in [3.63, 3.8) is 0 Å². The SMILES string of the molecule is Cc1ccc(S(=O)(=O)N2C(CCCCN)CCC2c2ccc(F)cc2)cc1. The summed E-state index contributed by atoms with van der Waals surface area (Å²) in [5, 5.41) is 0. The topological polar surface area (TPSA) is 63.4 Å². The number of hydrogen-bond acceptors (Lipinski definition) is 3. The molecule has 1 heterocycles. The highest BCUT2D eigenvalue weighted by atomic mass is 32.2. The highest BCUT2D eigenvalue weighted by Crippen LogP contribution is 2.42. The zero-order chi connectivity index (χ0) is 19.4. The molecule has 0 aliphatic carbocycles. The third-order valence-corrected chi connectivity index (χ3v) is 7.26. The van der Waals surface area contributed by atoms with Crippen molar-refractivity contribution < 1.29 is 12.8 Å². The maximum Gasteiger partial charge on any atom is 0.243 e. The van der Waals surface area contributed by atoms with Crippen molar-refractivity contribution in [3.05, 3.63) is 65.5 Å². The first kappa shape index (κ1) is 20.0. The van der Waals surface area contributed by atoms with Crippen LogP contribution in [-0.2, 0) is 10.0 Å². The predicted octanol–water partition coefficient (Wildman–Crippen LogP) is 4.16. The smallest absolute Gasteiger partial charge is 0.243 e. The fourth-order valence-electron chi connectivity index (χ4n) is 3.85. The van der Waals surface area contributed by atoms with E-state index in [1.54, 1.807) is 28.6 Å². The molecule has 0 bridgehead atoms. The minimum absolute atomic E-state index is 0.0575. The number of nitrogens with two attached hydrogens (primary N) is 1. The molecule has 1 fully saturated rings. The van der Waals surface area contributed by atoms with Gasteiger partial charge < -0.3 is 5.73 Å². The van der Waals surface area contributed by atoms with Gasteiger partial charge in [-0.25, -0.2) is 12.8 Å². The molecule has 2 unspecified atom stereocenters. The molecule has 2 aromatic carbocycles. The van der Waals surface area contributed by atoms with Crippen LogP contribution in [-0.4, -0.2) is 25.3 Å². The van der Waals surface area contributed by atoms with Gasteiger partial charge in [-0.1, -0.05) is 36.2 Å². The molecule has 3 rings (SSSR count). The highest BCUT2D eigenvalue weighted by Gasteiger charge is 2.42. The minimum atomic E-state index is -3.64. The van der Waals surface area contributed by atoms with Crippen molar-refractivity contribution in [2.45, 2.75) is 56.0 Å². The number of rotatable bonds is 7. The van der Waals surface area contributed by atoms with Crippen molar-refractivity contribution in [1.82, 2.24) is 4.31 Å². The number of aryl methyl sites for hydroxylation is 1. The number of hydrogen-bond donors (Lipinski definition) is 1. The van der Waals surface area contributed by atoms with E-state index in [2.05, 4.69) is 0 Å². The third kappa shape index (κ3) is 4.39. The lowest BCUT2D eigenvalue weighted by atomic mass is 10.0. The number of unbranched alkanes of at least 4 members (excludes halogenated alkanes) is 1. The molecule has 1 aliphatic rings. The van der Waals surface area contributed by atoms with Gasteiger partial charge in [0.15, 0.2) is 0 Å². The van der Waals surface area contributed by atoms with Gasteiger partial charge in [0, 0.05) is 6.04 Å². The van der Waals surface area contributed by atoms with Crippen LogP contribution >= 0.6 is 0 Å². The first-order valence-electron chi connectivity index (χ1n) is 9.49. The zero-order valence-electron chi connectivity index (χ0n) is 15.6. The van der Waals surface area contributed by atoms with Gasteiger partial charge in [0.2, 0.25) is 10.0 Å². The summed E-state index contributed by atoms with van der Waals surface area (Å²) in [4.78, 5) is 0.311. The van der Waals surface area contributed by atoms with E-state index in [4.69, 9.17) is 5.73 Å². The van der Waals surface area contributed by atoms with Gasteiger partial charge in [0.05, 0.1) is 10.9 Å². The van der Waals surface area contributed by atoms with Crippen LogP contribution < -0.4 is 5.73 Å². The fraction of sp³-hybridized carbons (Fsp3) is 0.429. The Bertz CT molecular complexity index is 851. The molecule has 4 nitrogen and oxygen atoms in total. The van der Waals surface area contributed by atoms with Crippen LogP contribution in [0.5, 0.6) is 0 Å². The molecule has 2 atom stereocenters.